The Morgan fingerprint density at radius 1 is 1.21 bits per heavy atom. The summed E-state index contributed by atoms with van der Waals surface area (Å²) in [4.78, 5) is 4.66. The molecule has 1 fully saturated rings. The van der Waals surface area contributed by atoms with Gasteiger partial charge in [0.2, 0.25) is 0 Å². The van der Waals surface area contributed by atoms with E-state index < -0.39 is 0 Å². The zero-order valence-electron chi connectivity index (χ0n) is 12.5. The van der Waals surface area contributed by atoms with Crippen LogP contribution in [0.15, 0.2) is 24.3 Å². The number of nitrogens with zero attached hydrogens (tertiary/aromatic N) is 2. The minimum Gasteiger partial charge on any atom is -0.395 e. The number of piperazine rings is 1. The molecule has 1 aliphatic heterocycles. The predicted molar refractivity (Wildman–Crippen MR) is 80.8 cm³/mol. The Balaban J connectivity index is 2.15. The lowest BCUT2D eigenvalue weighted by Crippen LogP contribution is -2.57. The standard InChI is InChI=1S/C16H26N2O/c1-12(2)14-5-7-15(8-6-14)18-10-16(11-19)17(4)9-13(18)3/h5-8,12-13,16,19H,9-11H2,1-4H3. The van der Waals surface area contributed by atoms with E-state index in [2.05, 4.69) is 61.9 Å². The third-order valence-corrected chi connectivity index (χ3v) is 4.22. The monoisotopic (exact) mass is 262 g/mol. The molecule has 2 atom stereocenters. The molecule has 3 nitrogen and oxygen atoms in total. The minimum absolute atomic E-state index is 0.226. The molecule has 0 bridgehead atoms. The van der Waals surface area contributed by atoms with Crippen molar-refractivity contribution in [2.24, 2.45) is 0 Å². The fourth-order valence-corrected chi connectivity index (χ4v) is 2.82. The highest BCUT2D eigenvalue weighted by Gasteiger charge is 2.28. The second kappa shape index (κ2) is 5.93. The molecule has 3 heteroatoms. The van der Waals surface area contributed by atoms with Gasteiger partial charge in [0.25, 0.3) is 0 Å². The van der Waals surface area contributed by atoms with Gasteiger partial charge in [-0.25, -0.2) is 0 Å². The molecule has 1 saturated heterocycles. The number of hydrogen-bond donors (Lipinski definition) is 1. The van der Waals surface area contributed by atoms with Crippen LogP contribution >= 0.6 is 0 Å². The van der Waals surface area contributed by atoms with Crippen molar-refractivity contribution in [3.63, 3.8) is 0 Å². The molecule has 1 heterocycles. The first-order chi connectivity index (χ1) is 9.02. The van der Waals surface area contributed by atoms with E-state index in [0.29, 0.717) is 12.0 Å². The van der Waals surface area contributed by atoms with Crippen LogP contribution in [0.3, 0.4) is 0 Å². The molecule has 1 aliphatic rings. The van der Waals surface area contributed by atoms with Gasteiger partial charge in [-0.3, -0.25) is 4.90 Å². The van der Waals surface area contributed by atoms with E-state index in [1.165, 1.54) is 11.3 Å². The molecule has 19 heavy (non-hydrogen) atoms. The molecule has 0 spiro atoms. The van der Waals surface area contributed by atoms with Gasteiger partial charge in [-0.05, 0) is 37.6 Å². The highest BCUT2D eigenvalue weighted by molar-refractivity contribution is 5.49. The summed E-state index contributed by atoms with van der Waals surface area (Å²) in [6.45, 7) is 8.81. The van der Waals surface area contributed by atoms with Crippen LogP contribution in [0.1, 0.15) is 32.3 Å². The average Bonchev–Trinajstić information content (AvgIpc) is 2.39. The molecule has 2 unspecified atom stereocenters. The molecule has 1 aromatic rings. The van der Waals surface area contributed by atoms with E-state index in [0.717, 1.165) is 13.1 Å². The van der Waals surface area contributed by atoms with Crippen LogP contribution in [0.4, 0.5) is 5.69 Å². The van der Waals surface area contributed by atoms with E-state index in [1.54, 1.807) is 0 Å². The van der Waals surface area contributed by atoms with E-state index in [9.17, 15) is 5.11 Å². The summed E-state index contributed by atoms with van der Waals surface area (Å²) in [5.74, 6) is 0.573. The maximum Gasteiger partial charge on any atom is 0.0604 e. The molecule has 1 N–H and O–H groups in total. The van der Waals surface area contributed by atoms with E-state index >= 15 is 0 Å². The Bertz CT molecular complexity index is 402. The third kappa shape index (κ3) is 3.10. The van der Waals surface area contributed by atoms with Gasteiger partial charge in [-0.1, -0.05) is 26.0 Å². The quantitative estimate of drug-likeness (QED) is 0.905. The maximum atomic E-state index is 9.46. The number of aliphatic hydroxyl groups excluding tert-OH is 1. The van der Waals surface area contributed by atoms with Gasteiger partial charge < -0.3 is 10.0 Å². The first kappa shape index (κ1) is 14.4. The van der Waals surface area contributed by atoms with Crippen LogP contribution < -0.4 is 4.90 Å². The van der Waals surface area contributed by atoms with Gasteiger partial charge >= 0.3 is 0 Å². The number of rotatable bonds is 3. The van der Waals surface area contributed by atoms with Crippen LogP contribution in [0.25, 0.3) is 0 Å². The predicted octanol–water partition coefficient (Wildman–Crippen LogP) is 2.31. The van der Waals surface area contributed by atoms with Gasteiger partial charge in [0.05, 0.1) is 12.6 Å². The molecule has 0 aromatic heterocycles. The normalized spacial score (nSPS) is 25.1. The first-order valence-corrected chi connectivity index (χ1v) is 7.20. The zero-order chi connectivity index (χ0) is 14.0. The second-order valence-electron chi connectivity index (χ2n) is 6.02. The summed E-state index contributed by atoms with van der Waals surface area (Å²) in [6.07, 6.45) is 0. The number of aliphatic hydroxyl groups is 1. The van der Waals surface area contributed by atoms with Crippen molar-refractivity contribution in [2.45, 2.75) is 38.8 Å². The summed E-state index contributed by atoms with van der Waals surface area (Å²) in [7, 11) is 2.09. The minimum atomic E-state index is 0.226. The van der Waals surface area contributed by atoms with Crippen LogP contribution in [0.5, 0.6) is 0 Å². The molecular formula is C16H26N2O. The van der Waals surface area contributed by atoms with Crippen LogP contribution in [-0.4, -0.2) is 48.8 Å². The van der Waals surface area contributed by atoms with Crippen molar-refractivity contribution in [1.29, 1.82) is 0 Å². The Morgan fingerprint density at radius 3 is 2.37 bits per heavy atom. The number of likely N-dealkylation sites (N-methyl/N-ethyl adjacent to an activating group) is 1. The highest BCUT2D eigenvalue weighted by Crippen LogP contribution is 2.24. The molecule has 0 saturated carbocycles. The highest BCUT2D eigenvalue weighted by atomic mass is 16.3. The zero-order valence-corrected chi connectivity index (χ0v) is 12.5. The van der Waals surface area contributed by atoms with E-state index in [1.807, 2.05) is 0 Å². The Morgan fingerprint density at radius 2 is 1.84 bits per heavy atom. The van der Waals surface area contributed by atoms with Gasteiger partial charge in [0.15, 0.2) is 0 Å². The lowest BCUT2D eigenvalue weighted by Gasteiger charge is -2.44. The third-order valence-electron chi connectivity index (χ3n) is 4.22. The largest absolute Gasteiger partial charge is 0.395 e. The van der Waals surface area contributed by atoms with Crippen molar-refractivity contribution in [1.82, 2.24) is 4.90 Å². The van der Waals surface area contributed by atoms with Crippen molar-refractivity contribution in [2.75, 3.05) is 31.6 Å². The van der Waals surface area contributed by atoms with Gasteiger partial charge in [-0.15, -0.1) is 0 Å². The Labute approximate surface area is 116 Å². The summed E-state index contributed by atoms with van der Waals surface area (Å²) in [5.41, 5.74) is 2.65. The fraction of sp³-hybridized carbons (Fsp3) is 0.625. The summed E-state index contributed by atoms with van der Waals surface area (Å²) < 4.78 is 0. The molecule has 0 radical (unpaired) electrons. The van der Waals surface area contributed by atoms with Crippen molar-refractivity contribution >= 4 is 5.69 Å². The number of benzene rings is 1. The lowest BCUT2D eigenvalue weighted by atomic mass is 10.0. The van der Waals surface area contributed by atoms with Gasteiger partial charge in [0, 0.05) is 24.8 Å². The molecule has 106 valence electrons. The molecule has 1 aromatic carbocycles. The SMILES string of the molecule is CC(C)c1ccc(N2CC(CO)N(C)CC2C)cc1. The van der Waals surface area contributed by atoms with Crippen molar-refractivity contribution < 1.29 is 5.11 Å². The molecule has 2 rings (SSSR count). The summed E-state index contributed by atoms with van der Waals surface area (Å²) in [5, 5.41) is 9.46. The fourth-order valence-electron chi connectivity index (χ4n) is 2.82. The second-order valence-corrected chi connectivity index (χ2v) is 6.02. The number of anilines is 1. The van der Waals surface area contributed by atoms with Crippen LogP contribution in [-0.2, 0) is 0 Å². The Hall–Kier alpha value is -1.06. The average molecular weight is 262 g/mol. The van der Waals surface area contributed by atoms with Crippen LogP contribution in [0, 0.1) is 0 Å². The van der Waals surface area contributed by atoms with Crippen molar-refractivity contribution in [3.05, 3.63) is 29.8 Å². The summed E-state index contributed by atoms with van der Waals surface area (Å²) >= 11 is 0. The molecular weight excluding hydrogens is 236 g/mol. The number of hydrogen-bond acceptors (Lipinski definition) is 3. The molecule has 0 amide bonds. The maximum absolute atomic E-state index is 9.46. The van der Waals surface area contributed by atoms with Crippen molar-refractivity contribution in [3.8, 4) is 0 Å². The molecule has 0 aliphatic carbocycles. The topological polar surface area (TPSA) is 26.7 Å². The first-order valence-electron chi connectivity index (χ1n) is 7.20. The smallest absolute Gasteiger partial charge is 0.0604 e. The van der Waals surface area contributed by atoms with E-state index in [4.69, 9.17) is 0 Å². The van der Waals surface area contributed by atoms with E-state index in [-0.39, 0.29) is 12.6 Å². The summed E-state index contributed by atoms with van der Waals surface area (Å²) in [6, 6.07) is 9.59. The Kier molecular flexibility index (Phi) is 4.48. The lowest BCUT2D eigenvalue weighted by molar-refractivity contribution is 0.122. The van der Waals surface area contributed by atoms with Gasteiger partial charge in [0.1, 0.15) is 0 Å². The van der Waals surface area contributed by atoms with Gasteiger partial charge in [-0.2, -0.15) is 0 Å². The van der Waals surface area contributed by atoms with Crippen LogP contribution in [0.2, 0.25) is 0 Å².